The first kappa shape index (κ1) is 10.2. The highest BCUT2D eigenvalue weighted by molar-refractivity contribution is 5.73. The van der Waals surface area contributed by atoms with Crippen LogP contribution in [-0.2, 0) is 0 Å². The van der Waals surface area contributed by atoms with Gasteiger partial charge in [-0.3, -0.25) is 0 Å². The lowest BCUT2D eigenvalue weighted by molar-refractivity contribution is 0.234. The second kappa shape index (κ2) is 7.30. The monoisotopic (exact) mass is 161 g/mol. The Balaban J connectivity index is 3.09. The van der Waals surface area contributed by atoms with Gasteiger partial charge >= 0.3 is 6.03 Å². The number of amides is 2. The van der Waals surface area contributed by atoms with Crippen LogP contribution >= 0.6 is 0 Å². The largest absolute Gasteiger partial charge is 0.395 e. The average molecular weight is 161 g/mol. The number of rotatable bonds is 5. The van der Waals surface area contributed by atoms with Gasteiger partial charge in [0.25, 0.3) is 0 Å². The summed E-state index contributed by atoms with van der Waals surface area (Å²) in [5.41, 5.74) is 5.20. The van der Waals surface area contributed by atoms with Gasteiger partial charge in [0.1, 0.15) is 0 Å². The van der Waals surface area contributed by atoms with Crippen molar-refractivity contribution < 1.29 is 9.90 Å². The fraction of sp³-hybridized carbons (Fsp3) is 0.833. The van der Waals surface area contributed by atoms with Crippen LogP contribution in [0, 0.1) is 0 Å². The van der Waals surface area contributed by atoms with Crippen molar-refractivity contribution in [1.82, 2.24) is 10.6 Å². The Morgan fingerprint density at radius 3 is 2.55 bits per heavy atom. The molecule has 66 valence electrons. The number of hydrogen-bond donors (Lipinski definition) is 4. The second-order valence-electron chi connectivity index (χ2n) is 2.05. The van der Waals surface area contributed by atoms with Crippen LogP contribution in [0.2, 0.25) is 0 Å². The van der Waals surface area contributed by atoms with E-state index in [9.17, 15) is 4.79 Å². The SMILES string of the molecule is NCCCNC(=O)NCCO. The van der Waals surface area contributed by atoms with E-state index in [1.165, 1.54) is 0 Å². The zero-order valence-electron chi connectivity index (χ0n) is 6.47. The van der Waals surface area contributed by atoms with Gasteiger partial charge in [0, 0.05) is 13.1 Å². The van der Waals surface area contributed by atoms with E-state index in [4.69, 9.17) is 10.8 Å². The Labute approximate surface area is 66.0 Å². The van der Waals surface area contributed by atoms with Gasteiger partial charge in [-0.15, -0.1) is 0 Å². The van der Waals surface area contributed by atoms with Gasteiger partial charge < -0.3 is 21.5 Å². The molecule has 5 heteroatoms. The van der Waals surface area contributed by atoms with Crippen molar-refractivity contribution in [2.75, 3.05) is 26.2 Å². The number of carbonyl (C=O) groups excluding carboxylic acids is 1. The maximum Gasteiger partial charge on any atom is 0.314 e. The summed E-state index contributed by atoms with van der Waals surface area (Å²) in [5, 5.41) is 13.4. The van der Waals surface area contributed by atoms with Gasteiger partial charge in [0.05, 0.1) is 6.61 Å². The Hall–Kier alpha value is -0.810. The van der Waals surface area contributed by atoms with Crippen LogP contribution in [0.5, 0.6) is 0 Å². The number of urea groups is 1. The van der Waals surface area contributed by atoms with Crippen LogP contribution in [0.4, 0.5) is 4.79 Å². The smallest absolute Gasteiger partial charge is 0.314 e. The van der Waals surface area contributed by atoms with Crippen molar-refractivity contribution in [1.29, 1.82) is 0 Å². The molecule has 0 aromatic rings. The molecule has 11 heavy (non-hydrogen) atoms. The number of hydrogen-bond acceptors (Lipinski definition) is 3. The molecule has 0 atom stereocenters. The quantitative estimate of drug-likeness (QED) is 0.375. The minimum atomic E-state index is -0.257. The van der Waals surface area contributed by atoms with Crippen molar-refractivity contribution in [2.24, 2.45) is 5.73 Å². The van der Waals surface area contributed by atoms with E-state index in [0.29, 0.717) is 13.1 Å². The third-order valence-electron chi connectivity index (χ3n) is 1.06. The van der Waals surface area contributed by atoms with Gasteiger partial charge in [0.15, 0.2) is 0 Å². The van der Waals surface area contributed by atoms with E-state index >= 15 is 0 Å². The van der Waals surface area contributed by atoms with Crippen molar-refractivity contribution >= 4 is 6.03 Å². The van der Waals surface area contributed by atoms with Crippen molar-refractivity contribution in [3.8, 4) is 0 Å². The van der Waals surface area contributed by atoms with E-state index in [0.717, 1.165) is 6.42 Å². The van der Waals surface area contributed by atoms with E-state index in [-0.39, 0.29) is 19.2 Å². The first-order chi connectivity index (χ1) is 5.31. The molecule has 0 unspecified atom stereocenters. The fourth-order valence-electron chi connectivity index (χ4n) is 0.536. The lowest BCUT2D eigenvalue weighted by atomic mass is 10.4. The molecule has 0 radical (unpaired) electrons. The standard InChI is InChI=1S/C6H15N3O2/c7-2-1-3-8-6(11)9-4-5-10/h10H,1-5,7H2,(H2,8,9,11). The van der Waals surface area contributed by atoms with Crippen LogP contribution < -0.4 is 16.4 Å². The zero-order valence-corrected chi connectivity index (χ0v) is 6.47. The third-order valence-corrected chi connectivity index (χ3v) is 1.06. The van der Waals surface area contributed by atoms with Crippen LogP contribution in [0.15, 0.2) is 0 Å². The second-order valence-corrected chi connectivity index (χ2v) is 2.05. The predicted molar refractivity (Wildman–Crippen MR) is 42.2 cm³/mol. The lowest BCUT2D eigenvalue weighted by Crippen LogP contribution is -2.37. The molecule has 0 saturated carbocycles. The summed E-state index contributed by atoms with van der Waals surface area (Å²) in [7, 11) is 0. The van der Waals surface area contributed by atoms with Gasteiger partial charge in [-0.2, -0.15) is 0 Å². The van der Waals surface area contributed by atoms with E-state index in [2.05, 4.69) is 10.6 Å². The molecule has 5 N–H and O–H groups in total. The molecule has 0 aromatic carbocycles. The fourth-order valence-corrected chi connectivity index (χ4v) is 0.536. The highest BCUT2D eigenvalue weighted by Crippen LogP contribution is 1.70. The molecule has 0 aliphatic carbocycles. The first-order valence-electron chi connectivity index (χ1n) is 3.64. The summed E-state index contributed by atoms with van der Waals surface area (Å²) >= 11 is 0. The summed E-state index contributed by atoms with van der Waals surface area (Å²) in [4.78, 5) is 10.7. The minimum Gasteiger partial charge on any atom is -0.395 e. The van der Waals surface area contributed by atoms with Crippen LogP contribution in [0.1, 0.15) is 6.42 Å². The van der Waals surface area contributed by atoms with Crippen molar-refractivity contribution in [3.05, 3.63) is 0 Å². The molecule has 0 aliphatic rings. The topological polar surface area (TPSA) is 87.4 Å². The number of nitrogens with one attached hydrogen (secondary N) is 2. The van der Waals surface area contributed by atoms with Crippen LogP contribution in [-0.4, -0.2) is 37.4 Å². The number of nitrogens with two attached hydrogens (primary N) is 1. The number of aliphatic hydroxyl groups is 1. The molecular formula is C6H15N3O2. The van der Waals surface area contributed by atoms with Gasteiger partial charge in [0.2, 0.25) is 0 Å². The number of carbonyl (C=O) groups is 1. The maximum atomic E-state index is 10.7. The Morgan fingerprint density at radius 2 is 2.00 bits per heavy atom. The third kappa shape index (κ3) is 7.08. The summed E-state index contributed by atoms with van der Waals surface area (Å²) < 4.78 is 0. The van der Waals surface area contributed by atoms with E-state index < -0.39 is 0 Å². The van der Waals surface area contributed by atoms with Crippen molar-refractivity contribution in [2.45, 2.75) is 6.42 Å². The highest BCUT2D eigenvalue weighted by atomic mass is 16.3. The molecule has 0 rings (SSSR count). The lowest BCUT2D eigenvalue weighted by Gasteiger charge is -2.04. The number of aliphatic hydroxyl groups excluding tert-OH is 1. The molecule has 0 heterocycles. The van der Waals surface area contributed by atoms with Gasteiger partial charge in [-0.25, -0.2) is 4.79 Å². The molecule has 0 aliphatic heterocycles. The Kier molecular flexibility index (Phi) is 6.76. The molecule has 0 saturated heterocycles. The normalized spacial score (nSPS) is 9.27. The van der Waals surface area contributed by atoms with Crippen LogP contribution in [0.25, 0.3) is 0 Å². The summed E-state index contributed by atoms with van der Waals surface area (Å²) in [6, 6.07) is -0.257. The Morgan fingerprint density at radius 1 is 1.36 bits per heavy atom. The highest BCUT2D eigenvalue weighted by Gasteiger charge is 1.95. The molecule has 0 spiro atoms. The molecule has 5 nitrogen and oxygen atoms in total. The summed E-state index contributed by atoms with van der Waals surface area (Å²) in [6.45, 7) is 1.40. The summed E-state index contributed by atoms with van der Waals surface area (Å²) in [6.07, 6.45) is 0.770. The average Bonchev–Trinajstić information content (AvgIpc) is 2.01. The van der Waals surface area contributed by atoms with E-state index in [1.807, 2.05) is 0 Å². The zero-order chi connectivity index (χ0) is 8.53. The summed E-state index contributed by atoms with van der Waals surface area (Å²) in [5.74, 6) is 0. The Bertz CT molecular complexity index is 108. The molecular weight excluding hydrogens is 146 g/mol. The maximum absolute atomic E-state index is 10.7. The molecule has 2 amide bonds. The van der Waals surface area contributed by atoms with Gasteiger partial charge in [-0.05, 0) is 13.0 Å². The molecule has 0 aromatic heterocycles. The molecule has 0 bridgehead atoms. The van der Waals surface area contributed by atoms with E-state index in [1.54, 1.807) is 0 Å². The van der Waals surface area contributed by atoms with Crippen molar-refractivity contribution in [3.63, 3.8) is 0 Å². The first-order valence-corrected chi connectivity index (χ1v) is 3.64. The van der Waals surface area contributed by atoms with Gasteiger partial charge in [-0.1, -0.05) is 0 Å². The predicted octanol–water partition coefficient (Wildman–Crippen LogP) is -1.37. The molecule has 0 fully saturated rings. The van der Waals surface area contributed by atoms with Crippen LogP contribution in [0.3, 0.4) is 0 Å². The minimum absolute atomic E-state index is 0.0374.